The first-order valence-electron chi connectivity index (χ1n) is 7.31. The first kappa shape index (κ1) is 13.3. The Labute approximate surface area is 119 Å². The Hall–Kier alpha value is -1.68. The van der Waals surface area contributed by atoms with Crippen molar-refractivity contribution in [1.29, 1.82) is 0 Å². The molecule has 1 N–H and O–H groups in total. The van der Waals surface area contributed by atoms with Crippen LogP contribution >= 0.6 is 0 Å². The van der Waals surface area contributed by atoms with Crippen molar-refractivity contribution in [1.82, 2.24) is 15.5 Å². The van der Waals surface area contributed by atoms with Crippen molar-refractivity contribution in [3.8, 4) is 0 Å². The van der Waals surface area contributed by atoms with Crippen LogP contribution in [0.15, 0.2) is 22.6 Å². The van der Waals surface area contributed by atoms with E-state index in [1.165, 1.54) is 16.7 Å². The van der Waals surface area contributed by atoms with E-state index >= 15 is 0 Å². The molecule has 2 aromatic rings. The number of piperidine rings is 1. The van der Waals surface area contributed by atoms with Gasteiger partial charge in [-0.1, -0.05) is 23.8 Å². The monoisotopic (exact) mass is 271 g/mol. The number of aryl methyl sites for hydroxylation is 2. The van der Waals surface area contributed by atoms with Gasteiger partial charge in [0.15, 0.2) is 0 Å². The molecule has 0 aliphatic carbocycles. The highest BCUT2D eigenvalue weighted by Crippen LogP contribution is 2.24. The summed E-state index contributed by atoms with van der Waals surface area (Å²) in [6.07, 6.45) is 2.90. The highest BCUT2D eigenvalue weighted by Gasteiger charge is 2.21. The summed E-state index contributed by atoms with van der Waals surface area (Å²) >= 11 is 0. The van der Waals surface area contributed by atoms with E-state index in [2.05, 4.69) is 47.6 Å². The number of hydrogen-bond acceptors (Lipinski definition) is 4. The van der Waals surface area contributed by atoms with Crippen LogP contribution in [0.1, 0.15) is 47.2 Å². The summed E-state index contributed by atoms with van der Waals surface area (Å²) in [7, 11) is 0. The Balaban J connectivity index is 1.75. The molecule has 1 fully saturated rings. The zero-order valence-corrected chi connectivity index (χ0v) is 12.1. The molecule has 106 valence electrons. The molecule has 4 heteroatoms. The van der Waals surface area contributed by atoms with E-state index in [-0.39, 0.29) is 0 Å². The molecule has 0 radical (unpaired) electrons. The fourth-order valence-corrected chi connectivity index (χ4v) is 2.73. The van der Waals surface area contributed by atoms with Gasteiger partial charge in [0.05, 0.1) is 6.42 Å². The molecule has 3 rings (SSSR count). The maximum atomic E-state index is 5.87. The summed E-state index contributed by atoms with van der Waals surface area (Å²) in [4.78, 5) is 0. The van der Waals surface area contributed by atoms with Gasteiger partial charge in [-0.05, 0) is 50.9 Å². The molecule has 4 nitrogen and oxygen atoms in total. The number of rotatable bonds is 3. The van der Waals surface area contributed by atoms with Crippen LogP contribution in [0, 0.1) is 13.8 Å². The fourth-order valence-electron chi connectivity index (χ4n) is 2.73. The predicted octanol–water partition coefficient (Wildman–Crippen LogP) is 2.74. The van der Waals surface area contributed by atoms with Crippen molar-refractivity contribution < 1.29 is 4.42 Å². The van der Waals surface area contributed by atoms with Gasteiger partial charge in [0.2, 0.25) is 11.8 Å². The van der Waals surface area contributed by atoms with Crippen molar-refractivity contribution in [2.24, 2.45) is 0 Å². The SMILES string of the molecule is Cc1ccc(C)c(Cc2nnc(C3CCNCC3)o2)c1. The van der Waals surface area contributed by atoms with E-state index in [0.29, 0.717) is 5.92 Å². The van der Waals surface area contributed by atoms with Crippen LogP contribution < -0.4 is 5.32 Å². The molecule has 20 heavy (non-hydrogen) atoms. The second kappa shape index (κ2) is 5.75. The predicted molar refractivity (Wildman–Crippen MR) is 77.9 cm³/mol. The molecule has 0 spiro atoms. The zero-order valence-electron chi connectivity index (χ0n) is 12.1. The summed E-state index contributed by atoms with van der Waals surface area (Å²) in [5.74, 6) is 1.97. The van der Waals surface area contributed by atoms with Crippen molar-refractivity contribution in [3.63, 3.8) is 0 Å². The lowest BCUT2D eigenvalue weighted by Gasteiger charge is -2.18. The summed E-state index contributed by atoms with van der Waals surface area (Å²) in [5.41, 5.74) is 3.81. The highest BCUT2D eigenvalue weighted by molar-refractivity contribution is 5.32. The van der Waals surface area contributed by atoms with Crippen molar-refractivity contribution in [3.05, 3.63) is 46.7 Å². The third-order valence-corrected chi connectivity index (χ3v) is 4.02. The van der Waals surface area contributed by atoms with Crippen molar-refractivity contribution >= 4 is 0 Å². The Bertz CT molecular complexity index is 585. The molecule has 1 aromatic carbocycles. The van der Waals surface area contributed by atoms with Crippen LogP contribution in [0.5, 0.6) is 0 Å². The second-order valence-electron chi connectivity index (χ2n) is 5.67. The largest absolute Gasteiger partial charge is 0.425 e. The van der Waals surface area contributed by atoms with Gasteiger partial charge in [-0.15, -0.1) is 10.2 Å². The van der Waals surface area contributed by atoms with Crippen LogP contribution in [-0.4, -0.2) is 23.3 Å². The number of nitrogens with zero attached hydrogens (tertiary/aromatic N) is 2. The standard InChI is InChI=1S/C16H21N3O/c1-11-3-4-12(2)14(9-11)10-15-18-19-16(20-15)13-5-7-17-8-6-13/h3-4,9,13,17H,5-8,10H2,1-2H3. The summed E-state index contributed by atoms with van der Waals surface area (Å²) in [6, 6.07) is 6.48. The molecule has 0 saturated carbocycles. The molecule has 2 heterocycles. The number of hydrogen-bond donors (Lipinski definition) is 1. The minimum atomic E-state index is 0.427. The van der Waals surface area contributed by atoms with Gasteiger partial charge < -0.3 is 9.73 Å². The normalized spacial score (nSPS) is 16.5. The summed E-state index contributed by atoms with van der Waals surface area (Å²) in [5, 5.41) is 11.8. The Morgan fingerprint density at radius 2 is 2.00 bits per heavy atom. The van der Waals surface area contributed by atoms with E-state index in [9.17, 15) is 0 Å². The quantitative estimate of drug-likeness (QED) is 0.932. The lowest BCUT2D eigenvalue weighted by Crippen LogP contribution is -2.26. The van der Waals surface area contributed by atoms with Crippen LogP contribution in [0.2, 0.25) is 0 Å². The molecular formula is C16H21N3O. The van der Waals surface area contributed by atoms with Crippen LogP contribution in [0.3, 0.4) is 0 Å². The Morgan fingerprint density at radius 3 is 2.80 bits per heavy atom. The van der Waals surface area contributed by atoms with E-state index in [1.54, 1.807) is 0 Å². The first-order valence-corrected chi connectivity index (χ1v) is 7.31. The number of nitrogens with one attached hydrogen (secondary N) is 1. The van der Waals surface area contributed by atoms with Crippen LogP contribution in [0.4, 0.5) is 0 Å². The summed E-state index contributed by atoms with van der Waals surface area (Å²) in [6.45, 7) is 6.31. The maximum Gasteiger partial charge on any atom is 0.220 e. The smallest absolute Gasteiger partial charge is 0.220 e. The average Bonchev–Trinajstić information content (AvgIpc) is 2.92. The maximum absolute atomic E-state index is 5.87. The molecule has 1 aromatic heterocycles. The molecule has 0 atom stereocenters. The molecule has 1 aliphatic heterocycles. The van der Waals surface area contributed by atoms with E-state index < -0.39 is 0 Å². The Morgan fingerprint density at radius 1 is 1.20 bits per heavy atom. The van der Waals surface area contributed by atoms with E-state index in [4.69, 9.17) is 4.42 Å². The minimum absolute atomic E-state index is 0.427. The van der Waals surface area contributed by atoms with Gasteiger partial charge in [0.25, 0.3) is 0 Å². The third-order valence-electron chi connectivity index (χ3n) is 4.02. The lowest BCUT2D eigenvalue weighted by atomic mass is 9.98. The molecule has 1 saturated heterocycles. The van der Waals surface area contributed by atoms with Gasteiger partial charge in [0, 0.05) is 5.92 Å². The van der Waals surface area contributed by atoms with Gasteiger partial charge in [-0.2, -0.15) is 0 Å². The lowest BCUT2D eigenvalue weighted by molar-refractivity contribution is 0.363. The fraction of sp³-hybridized carbons (Fsp3) is 0.500. The zero-order chi connectivity index (χ0) is 13.9. The average molecular weight is 271 g/mol. The van der Waals surface area contributed by atoms with Crippen LogP contribution in [0.25, 0.3) is 0 Å². The molecule has 0 unspecified atom stereocenters. The van der Waals surface area contributed by atoms with Gasteiger partial charge in [-0.25, -0.2) is 0 Å². The molecule has 1 aliphatic rings. The topological polar surface area (TPSA) is 51.0 Å². The minimum Gasteiger partial charge on any atom is -0.425 e. The van der Waals surface area contributed by atoms with Crippen molar-refractivity contribution in [2.45, 2.75) is 39.0 Å². The number of benzene rings is 1. The van der Waals surface area contributed by atoms with Gasteiger partial charge >= 0.3 is 0 Å². The van der Waals surface area contributed by atoms with E-state index in [1.807, 2.05) is 0 Å². The number of aromatic nitrogens is 2. The summed E-state index contributed by atoms with van der Waals surface area (Å²) < 4.78 is 5.87. The van der Waals surface area contributed by atoms with E-state index in [0.717, 1.165) is 44.1 Å². The second-order valence-corrected chi connectivity index (χ2v) is 5.67. The van der Waals surface area contributed by atoms with Crippen molar-refractivity contribution in [2.75, 3.05) is 13.1 Å². The molecule has 0 bridgehead atoms. The molecule has 0 amide bonds. The van der Waals surface area contributed by atoms with Gasteiger partial charge in [-0.3, -0.25) is 0 Å². The third kappa shape index (κ3) is 2.90. The molecular weight excluding hydrogens is 250 g/mol. The van der Waals surface area contributed by atoms with Gasteiger partial charge in [0.1, 0.15) is 0 Å². The Kier molecular flexibility index (Phi) is 3.83. The first-order chi connectivity index (χ1) is 9.72. The van der Waals surface area contributed by atoms with Crippen LogP contribution in [-0.2, 0) is 6.42 Å². The highest BCUT2D eigenvalue weighted by atomic mass is 16.4.